The molecular weight excluding hydrogens is 260 g/mol. The van der Waals surface area contributed by atoms with Crippen molar-refractivity contribution in [3.8, 4) is 0 Å². The molecule has 0 amide bonds. The van der Waals surface area contributed by atoms with Gasteiger partial charge in [0.25, 0.3) is 0 Å². The fourth-order valence-electron chi connectivity index (χ4n) is 3.73. The summed E-state index contributed by atoms with van der Waals surface area (Å²) in [6, 6.07) is 0. The van der Waals surface area contributed by atoms with Crippen LogP contribution >= 0.6 is 0 Å². The first-order valence-electron chi connectivity index (χ1n) is 8.87. The number of rotatable bonds is 4. The highest BCUT2D eigenvalue weighted by molar-refractivity contribution is 6.02. The molecule has 0 aromatic heterocycles. The highest BCUT2D eigenvalue weighted by Gasteiger charge is 2.45. The van der Waals surface area contributed by atoms with E-state index < -0.39 is 5.60 Å². The molecule has 0 aromatic carbocycles. The molecule has 0 atom stereocenters. The lowest BCUT2D eigenvalue weighted by molar-refractivity contribution is -0.148. The Labute approximate surface area is 130 Å². The Morgan fingerprint density at radius 2 is 1.76 bits per heavy atom. The molecule has 120 valence electrons. The minimum absolute atomic E-state index is 0.307. The first kappa shape index (κ1) is 16.7. The topological polar surface area (TPSA) is 26.3 Å². The Morgan fingerprint density at radius 3 is 2.43 bits per heavy atom. The summed E-state index contributed by atoms with van der Waals surface area (Å²) in [6.07, 6.45) is 13.2. The van der Waals surface area contributed by atoms with Crippen molar-refractivity contribution in [2.24, 2.45) is 5.41 Å². The van der Waals surface area contributed by atoms with Crippen molar-refractivity contribution >= 4 is 5.78 Å². The molecule has 21 heavy (non-hydrogen) atoms. The Kier molecular flexibility index (Phi) is 5.65. The zero-order valence-corrected chi connectivity index (χ0v) is 14.2. The monoisotopic (exact) mass is 292 g/mol. The Hall–Kier alpha value is -0.630. The molecule has 1 saturated carbocycles. The summed E-state index contributed by atoms with van der Waals surface area (Å²) in [5.74, 6) is 0.307. The molecule has 2 aliphatic carbocycles. The summed E-state index contributed by atoms with van der Waals surface area (Å²) < 4.78 is 6.06. The smallest absolute Gasteiger partial charge is 0.190 e. The Balaban J connectivity index is 2.15. The molecule has 1 fully saturated rings. The summed E-state index contributed by atoms with van der Waals surface area (Å²) in [5, 5.41) is 0. The number of hydrogen-bond donors (Lipinski definition) is 0. The quantitative estimate of drug-likeness (QED) is 0.711. The van der Waals surface area contributed by atoms with Gasteiger partial charge in [-0.15, -0.1) is 0 Å². The van der Waals surface area contributed by atoms with Gasteiger partial charge >= 0.3 is 0 Å². The van der Waals surface area contributed by atoms with Gasteiger partial charge in [0.1, 0.15) is 5.60 Å². The van der Waals surface area contributed by atoms with E-state index in [1.54, 1.807) is 0 Å². The van der Waals surface area contributed by atoms with Crippen molar-refractivity contribution in [2.75, 3.05) is 6.61 Å². The van der Waals surface area contributed by atoms with Gasteiger partial charge in [0.2, 0.25) is 0 Å². The van der Waals surface area contributed by atoms with Gasteiger partial charge < -0.3 is 4.74 Å². The van der Waals surface area contributed by atoms with Crippen molar-refractivity contribution < 1.29 is 9.53 Å². The molecule has 2 heteroatoms. The van der Waals surface area contributed by atoms with Gasteiger partial charge in [-0.2, -0.15) is 0 Å². The molecule has 0 bridgehead atoms. The van der Waals surface area contributed by atoms with E-state index in [9.17, 15) is 4.79 Å². The van der Waals surface area contributed by atoms with Crippen LogP contribution in [0.25, 0.3) is 0 Å². The number of ketones is 1. The van der Waals surface area contributed by atoms with E-state index in [4.69, 9.17) is 4.74 Å². The molecule has 0 aromatic rings. The third-order valence-electron chi connectivity index (χ3n) is 5.33. The normalized spacial score (nSPS) is 25.6. The van der Waals surface area contributed by atoms with Gasteiger partial charge in [0.15, 0.2) is 5.78 Å². The van der Waals surface area contributed by atoms with Crippen LogP contribution in [0.5, 0.6) is 0 Å². The molecule has 2 nitrogen and oxygen atoms in total. The highest BCUT2D eigenvalue weighted by Crippen LogP contribution is 2.44. The predicted octanol–water partition coefficient (Wildman–Crippen LogP) is 5.21. The second kappa shape index (κ2) is 7.09. The average molecular weight is 292 g/mol. The number of Topliss-reactive ketones (excluding diaryl/α,β-unsaturated/α-hetero) is 1. The lowest BCUT2D eigenvalue weighted by Gasteiger charge is -2.42. The highest BCUT2D eigenvalue weighted by atomic mass is 16.5. The molecule has 2 rings (SSSR count). The molecule has 2 aliphatic rings. The van der Waals surface area contributed by atoms with E-state index in [2.05, 4.69) is 19.9 Å². The minimum atomic E-state index is -0.519. The fraction of sp³-hybridized carbons (Fsp3) is 0.842. The molecule has 0 spiro atoms. The zero-order chi connectivity index (χ0) is 15.3. The Morgan fingerprint density at radius 1 is 1.10 bits per heavy atom. The molecule has 0 unspecified atom stereocenters. The first-order chi connectivity index (χ1) is 9.99. The van der Waals surface area contributed by atoms with Crippen LogP contribution in [0.4, 0.5) is 0 Å². The van der Waals surface area contributed by atoms with Crippen LogP contribution in [-0.2, 0) is 9.53 Å². The second-order valence-corrected chi connectivity index (χ2v) is 7.60. The molecule has 0 radical (unpaired) electrons. The minimum Gasteiger partial charge on any atom is -0.367 e. The molecule has 0 aliphatic heterocycles. The average Bonchev–Trinajstić information content (AvgIpc) is 2.41. The maximum atomic E-state index is 13.1. The van der Waals surface area contributed by atoms with E-state index in [1.165, 1.54) is 19.3 Å². The van der Waals surface area contributed by atoms with Crippen molar-refractivity contribution in [1.82, 2.24) is 0 Å². The molecule has 0 saturated heterocycles. The first-order valence-corrected chi connectivity index (χ1v) is 8.87. The van der Waals surface area contributed by atoms with Gasteiger partial charge in [0.05, 0.1) is 0 Å². The van der Waals surface area contributed by atoms with Gasteiger partial charge in [-0.1, -0.05) is 32.8 Å². The zero-order valence-electron chi connectivity index (χ0n) is 14.2. The van der Waals surface area contributed by atoms with E-state index in [-0.39, 0.29) is 0 Å². The number of carbonyl (C=O) groups is 1. The van der Waals surface area contributed by atoms with Crippen molar-refractivity contribution in [1.29, 1.82) is 0 Å². The van der Waals surface area contributed by atoms with E-state index in [0.717, 1.165) is 50.5 Å². The molecule has 0 N–H and O–H groups in total. The summed E-state index contributed by atoms with van der Waals surface area (Å²) in [7, 11) is 0. The number of carbonyl (C=O) groups excluding carboxylic acids is 1. The molecular formula is C19H32O2. The van der Waals surface area contributed by atoms with Crippen LogP contribution in [0.1, 0.15) is 85.0 Å². The van der Waals surface area contributed by atoms with E-state index in [0.29, 0.717) is 17.8 Å². The number of allylic oxidation sites excluding steroid dienone is 1. The van der Waals surface area contributed by atoms with Crippen LogP contribution in [0, 0.1) is 5.41 Å². The lowest BCUT2D eigenvalue weighted by Crippen LogP contribution is -2.47. The van der Waals surface area contributed by atoms with E-state index in [1.807, 2.05) is 6.92 Å². The Bertz CT molecular complexity index is 382. The van der Waals surface area contributed by atoms with Crippen LogP contribution in [0.2, 0.25) is 0 Å². The van der Waals surface area contributed by atoms with Crippen molar-refractivity contribution in [3.63, 3.8) is 0 Å². The maximum Gasteiger partial charge on any atom is 0.190 e. The van der Waals surface area contributed by atoms with Gasteiger partial charge in [-0.05, 0) is 69.3 Å². The number of hydrogen-bond acceptors (Lipinski definition) is 2. The van der Waals surface area contributed by atoms with Crippen molar-refractivity contribution in [2.45, 2.75) is 90.6 Å². The summed E-state index contributed by atoms with van der Waals surface area (Å²) >= 11 is 0. The standard InChI is InChI=1S/C19H32O2/c1-4-21-19(14-12-18(2,3)13-15-19)17(20)16-10-8-6-5-7-9-11-16/h10H,4-9,11-15H2,1-3H3. The summed E-state index contributed by atoms with van der Waals surface area (Å²) in [6.45, 7) is 7.27. The SMILES string of the molecule is CCOC1(C(=O)C2=CCCCCCC2)CCC(C)(C)CC1. The van der Waals surface area contributed by atoms with Crippen LogP contribution < -0.4 is 0 Å². The third kappa shape index (κ3) is 4.18. The van der Waals surface area contributed by atoms with Gasteiger partial charge in [0, 0.05) is 6.61 Å². The third-order valence-corrected chi connectivity index (χ3v) is 5.33. The van der Waals surface area contributed by atoms with Crippen LogP contribution in [0.15, 0.2) is 11.6 Å². The molecule has 0 heterocycles. The van der Waals surface area contributed by atoms with Crippen molar-refractivity contribution in [3.05, 3.63) is 11.6 Å². The summed E-state index contributed by atoms with van der Waals surface area (Å²) in [5.41, 5.74) is 0.897. The van der Waals surface area contributed by atoms with Gasteiger partial charge in [-0.25, -0.2) is 0 Å². The fourth-order valence-corrected chi connectivity index (χ4v) is 3.73. The number of ether oxygens (including phenoxy) is 1. The van der Waals surface area contributed by atoms with Crippen LogP contribution in [0.3, 0.4) is 0 Å². The maximum absolute atomic E-state index is 13.1. The van der Waals surface area contributed by atoms with E-state index >= 15 is 0 Å². The lowest BCUT2D eigenvalue weighted by atomic mass is 9.68. The largest absolute Gasteiger partial charge is 0.367 e. The van der Waals surface area contributed by atoms with Crippen LogP contribution in [-0.4, -0.2) is 18.0 Å². The second-order valence-electron chi connectivity index (χ2n) is 7.60. The van der Waals surface area contributed by atoms with Gasteiger partial charge in [-0.3, -0.25) is 4.79 Å². The predicted molar refractivity (Wildman–Crippen MR) is 87.4 cm³/mol. The summed E-state index contributed by atoms with van der Waals surface area (Å²) in [4.78, 5) is 13.1.